The predicted octanol–water partition coefficient (Wildman–Crippen LogP) is 3.10. The van der Waals surface area contributed by atoms with E-state index in [-0.39, 0.29) is 18.7 Å². The third-order valence-corrected chi connectivity index (χ3v) is 5.37. The normalized spacial score (nSPS) is 23.1. The van der Waals surface area contributed by atoms with Crippen molar-refractivity contribution in [1.29, 1.82) is 0 Å². The Bertz CT molecular complexity index is 517. The first-order valence-corrected chi connectivity index (χ1v) is 8.81. The fourth-order valence-corrected chi connectivity index (χ4v) is 4.13. The minimum atomic E-state index is -0.406. The number of amides is 2. The maximum Gasteiger partial charge on any atom is 0.318 e. The van der Waals surface area contributed by atoms with Gasteiger partial charge in [0.2, 0.25) is 0 Å². The van der Waals surface area contributed by atoms with Gasteiger partial charge in [-0.2, -0.15) is 0 Å². The van der Waals surface area contributed by atoms with E-state index in [2.05, 4.69) is 24.1 Å². The Morgan fingerprint density at radius 2 is 2.27 bits per heavy atom. The van der Waals surface area contributed by atoms with Crippen LogP contribution in [0.4, 0.5) is 4.79 Å². The molecule has 1 aromatic rings. The third kappa shape index (κ3) is 3.60. The van der Waals surface area contributed by atoms with Gasteiger partial charge in [-0.15, -0.1) is 11.3 Å². The molecule has 124 valence electrons. The zero-order valence-electron chi connectivity index (χ0n) is 13.9. The molecule has 1 aliphatic rings. The number of nitrogens with one attached hydrogen (secondary N) is 1. The van der Waals surface area contributed by atoms with Gasteiger partial charge >= 0.3 is 6.03 Å². The van der Waals surface area contributed by atoms with Crippen molar-refractivity contribution >= 4 is 17.4 Å². The molecule has 5 nitrogen and oxygen atoms in total. The molecule has 2 rings (SSSR count). The van der Waals surface area contributed by atoms with Gasteiger partial charge in [-0.25, -0.2) is 9.78 Å². The number of nitrogens with zero attached hydrogens (tertiary/aromatic N) is 2. The lowest BCUT2D eigenvalue weighted by Gasteiger charge is -2.38. The zero-order chi connectivity index (χ0) is 16.3. The maximum atomic E-state index is 12.7. The van der Waals surface area contributed by atoms with Gasteiger partial charge in [0.05, 0.1) is 18.2 Å². The second-order valence-electron chi connectivity index (χ2n) is 6.72. The minimum Gasteiger partial charge on any atom is -0.394 e. The smallest absolute Gasteiger partial charge is 0.318 e. The second kappa shape index (κ2) is 6.96. The molecular weight excluding hydrogens is 298 g/mol. The Morgan fingerprint density at radius 3 is 2.82 bits per heavy atom. The highest BCUT2D eigenvalue weighted by molar-refractivity contribution is 7.11. The van der Waals surface area contributed by atoms with Crippen LogP contribution in [0.15, 0.2) is 6.20 Å². The van der Waals surface area contributed by atoms with Crippen LogP contribution < -0.4 is 5.32 Å². The van der Waals surface area contributed by atoms with Crippen molar-refractivity contribution in [3.8, 4) is 0 Å². The Kier molecular flexibility index (Phi) is 5.45. The lowest BCUT2D eigenvalue weighted by Crippen LogP contribution is -2.54. The van der Waals surface area contributed by atoms with Crippen LogP contribution in [-0.4, -0.2) is 39.7 Å². The van der Waals surface area contributed by atoms with Crippen molar-refractivity contribution < 1.29 is 9.90 Å². The van der Waals surface area contributed by atoms with Crippen LogP contribution in [0.2, 0.25) is 0 Å². The number of aliphatic hydroxyl groups excluding tert-OH is 1. The first kappa shape index (κ1) is 17.2. The lowest BCUT2D eigenvalue weighted by molar-refractivity contribution is 0.0667. The van der Waals surface area contributed by atoms with E-state index in [0.717, 1.165) is 29.1 Å². The summed E-state index contributed by atoms with van der Waals surface area (Å²) in [6.45, 7) is 8.97. The number of hydrogen-bond donors (Lipinski definition) is 2. The van der Waals surface area contributed by atoms with E-state index in [0.29, 0.717) is 12.5 Å². The third-order valence-electron chi connectivity index (χ3n) is 4.27. The van der Waals surface area contributed by atoms with Crippen molar-refractivity contribution in [1.82, 2.24) is 15.2 Å². The van der Waals surface area contributed by atoms with Crippen molar-refractivity contribution in [2.75, 3.05) is 13.2 Å². The van der Waals surface area contributed by atoms with Crippen LogP contribution in [0.1, 0.15) is 56.0 Å². The molecule has 2 amide bonds. The number of likely N-dealkylation sites (tertiary alicyclic amines) is 1. The standard InChI is InChI=1S/C16H27N3O2S/c1-11(2)8-16(10-20)6-5-7-19(16)15(21)18-13(4)14-17-9-12(3)22-14/h9,11,13,20H,5-8,10H2,1-4H3,(H,18,21)/t13-,16+/m0/s1. The second-order valence-corrected chi connectivity index (χ2v) is 7.98. The molecular formula is C16H27N3O2S. The van der Waals surface area contributed by atoms with Crippen LogP contribution in [0.5, 0.6) is 0 Å². The molecule has 1 aliphatic heterocycles. The summed E-state index contributed by atoms with van der Waals surface area (Å²) in [5.41, 5.74) is -0.406. The largest absolute Gasteiger partial charge is 0.394 e. The molecule has 0 aliphatic carbocycles. The van der Waals surface area contributed by atoms with Crippen LogP contribution >= 0.6 is 11.3 Å². The molecule has 2 N–H and O–H groups in total. The molecule has 1 fully saturated rings. The van der Waals surface area contributed by atoms with Gasteiger partial charge in [0, 0.05) is 17.6 Å². The number of urea groups is 1. The number of hydrogen-bond acceptors (Lipinski definition) is 4. The SMILES string of the molecule is Cc1cnc([C@H](C)NC(=O)N2CCC[C@]2(CO)CC(C)C)s1. The van der Waals surface area contributed by atoms with Crippen LogP contribution in [0, 0.1) is 12.8 Å². The molecule has 0 saturated carbocycles. The van der Waals surface area contributed by atoms with Crippen molar-refractivity contribution in [3.63, 3.8) is 0 Å². The summed E-state index contributed by atoms with van der Waals surface area (Å²) < 4.78 is 0. The van der Waals surface area contributed by atoms with E-state index in [1.807, 2.05) is 24.9 Å². The summed E-state index contributed by atoms with van der Waals surface area (Å²) in [5, 5.41) is 13.9. The number of aromatic nitrogens is 1. The van der Waals surface area contributed by atoms with Gasteiger partial charge in [-0.1, -0.05) is 13.8 Å². The Balaban J connectivity index is 2.07. The average Bonchev–Trinajstić information content (AvgIpc) is 3.05. The number of carbonyl (C=O) groups excluding carboxylic acids is 1. The molecule has 0 unspecified atom stereocenters. The highest BCUT2D eigenvalue weighted by atomic mass is 32.1. The maximum absolute atomic E-state index is 12.7. The molecule has 0 spiro atoms. The molecule has 1 saturated heterocycles. The average molecular weight is 325 g/mol. The monoisotopic (exact) mass is 325 g/mol. The van der Waals surface area contributed by atoms with Crippen molar-refractivity contribution in [2.45, 2.75) is 58.5 Å². The fourth-order valence-electron chi connectivity index (χ4n) is 3.35. The summed E-state index contributed by atoms with van der Waals surface area (Å²) in [6.07, 6.45) is 4.49. The lowest BCUT2D eigenvalue weighted by atomic mass is 9.87. The van der Waals surface area contributed by atoms with E-state index in [1.165, 1.54) is 0 Å². The number of carbonyl (C=O) groups is 1. The zero-order valence-corrected chi connectivity index (χ0v) is 14.7. The summed E-state index contributed by atoms with van der Waals surface area (Å²) >= 11 is 1.60. The first-order valence-electron chi connectivity index (χ1n) is 7.99. The van der Waals surface area contributed by atoms with E-state index in [4.69, 9.17) is 0 Å². The predicted molar refractivity (Wildman–Crippen MR) is 89.0 cm³/mol. The van der Waals surface area contributed by atoms with Crippen molar-refractivity contribution in [3.05, 3.63) is 16.1 Å². The number of rotatable bonds is 5. The first-order chi connectivity index (χ1) is 10.4. The Labute approximate surface area is 136 Å². The fraction of sp³-hybridized carbons (Fsp3) is 0.750. The molecule has 2 heterocycles. The number of aliphatic hydroxyl groups is 1. The number of thiazole rings is 1. The van der Waals surface area contributed by atoms with Gasteiger partial charge in [0.1, 0.15) is 5.01 Å². The van der Waals surface area contributed by atoms with Crippen molar-refractivity contribution in [2.24, 2.45) is 5.92 Å². The molecule has 22 heavy (non-hydrogen) atoms. The topological polar surface area (TPSA) is 65.5 Å². The molecule has 0 aromatic carbocycles. The van der Waals surface area contributed by atoms with Gasteiger partial charge in [-0.3, -0.25) is 0 Å². The summed E-state index contributed by atoms with van der Waals surface area (Å²) in [6, 6.07) is -0.199. The molecule has 2 atom stereocenters. The summed E-state index contributed by atoms with van der Waals surface area (Å²) in [4.78, 5) is 20.0. The molecule has 0 bridgehead atoms. The van der Waals surface area contributed by atoms with E-state index >= 15 is 0 Å². The van der Waals surface area contributed by atoms with Gasteiger partial charge < -0.3 is 15.3 Å². The van der Waals surface area contributed by atoms with E-state index in [9.17, 15) is 9.90 Å². The summed E-state index contributed by atoms with van der Waals surface area (Å²) in [7, 11) is 0. The molecule has 0 radical (unpaired) electrons. The minimum absolute atomic E-state index is 0.0311. The Hall–Kier alpha value is -1.14. The van der Waals surface area contributed by atoms with Crippen LogP contribution in [-0.2, 0) is 0 Å². The summed E-state index contributed by atoms with van der Waals surface area (Å²) in [5.74, 6) is 0.444. The Morgan fingerprint density at radius 1 is 1.55 bits per heavy atom. The van der Waals surface area contributed by atoms with Crippen LogP contribution in [0.3, 0.4) is 0 Å². The molecule has 1 aromatic heterocycles. The van der Waals surface area contributed by atoms with Crippen LogP contribution in [0.25, 0.3) is 0 Å². The van der Waals surface area contributed by atoms with E-state index in [1.54, 1.807) is 11.3 Å². The highest BCUT2D eigenvalue weighted by Crippen LogP contribution is 2.35. The van der Waals surface area contributed by atoms with Gasteiger partial charge in [-0.05, 0) is 39.0 Å². The van der Waals surface area contributed by atoms with E-state index < -0.39 is 5.54 Å². The molecule has 6 heteroatoms. The van der Waals surface area contributed by atoms with Gasteiger partial charge in [0.25, 0.3) is 0 Å². The van der Waals surface area contributed by atoms with Gasteiger partial charge in [0.15, 0.2) is 0 Å². The quantitative estimate of drug-likeness (QED) is 0.874. The number of aryl methyl sites for hydroxylation is 1. The highest BCUT2D eigenvalue weighted by Gasteiger charge is 2.43.